The zero-order valence-corrected chi connectivity index (χ0v) is 54.6. The molecule has 0 aliphatic rings. The van der Waals surface area contributed by atoms with E-state index in [0.717, 1.165) is 83.5 Å². The van der Waals surface area contributed by atoms with Crippen molar-refractivity contribution in [2.24, 2.45) is 0 Å². The Morgan fingerprint density at radius 1 is 0.259 bits per heavy atom. The maximum absolute atomic E-state index is 12.9. The molecule has 0 N–H and O–H groups in total. The van der Waals surface area contributed by atoms with E-state index < -0.39 is 6.10 Å². The van der Waals surface area contributed by atoms with Gasteiger partial charge in [-0.1, -0.05) is 365 Å². The highest BCUT2D eigenvalue weighted by molar-refractivity contribution is 5.71. The van der Waals surface area contributed by atoms with Gasteiger partial charge in [-0.15, -0.1) is 0 Å². The summed E-state index contributed by atoms with van der Waals surface area (Å²) in [5.41, 5.74) is 0. The second-order valence-electron chi connectivity index (χ2n) is 24.5. The van der Waals surface area contributed by atoms with Crippen molar-refractivity contribution in [1.82, 2.24) is 0 Å². The third-order valence-electron chi connectivity index (χ3n) is 16.3. The summed E-state index contributed by atoms with van der Waals surface area (Å²) in [6.45, 7) is 6.58. The summed E-state index contributed by atoms with van der Waals surface area (Å²) in [4.78, 5) is 38.3. The number of esters is 3. The molecule has 0 aliphatic carbocycles. The minimum Gasteiger partial charge on any atom is -0.462 e. The number of unbranched alkanes of at least 4 members (excludes halogenated alkanes) is 48. The Balaban J connectivity index is 4.09. The summed E-state index contributed by atoms with van der Waals surface area (Å²) in [5, 5.41) is 0. The Morgan fingerprint density at radius 3 is 0.753 bits per heavy atom. The Hall–Kier alpha value is -2.63. The molecule has 474 valence electrons. The average Bonchev–Trinajstić information content (AvgIpc) is 3.47. The van der Waals surface area contributed by atoms with Gasteiger partial charge in [-0.25, -0.2) is 0 Å². The summed E-state index contributed by atoms with van der Waals surface area (Å²) >= 11 is 0. The van der Waals surface area contributed by atoms with Gasteiger partial charge in [0.15, 0.2) is 6.10 Å². The second kappa shape index (κ2) is 69.9. The zero-order valence-electron chi connectivity index (χ0n) is 54.6. The van der Waals surface area contributed by atoms with Crippen molar-refractivity contribution in [2.75, 3.05) is 13.2 Å². The largest absolute Gasteiger partial charge is 0.462 e. The molecule has 81 heavy (non-hydrogen) atoms. The fourth-order valence-corrected chi connectivity index (χ4v) is 11.0. The average molecular weight is 1140 g/mol. The summed E-state index contributed by atoms with van der Waals surface area (Å²) in [7, 11) is 0. The van der Waals surface area contributed by atoms with E-state index in [1.165, 1.54) is 270 Å². The molecule has 0 saturated carbocycles. The number of hydrogen-bond acceptors (Lipinski definition) is 6. The van der Waals surface area contributed by atoms with Crippen LogP contribution in [0.2, 0.25) is 0 Å². The Bertz CT molecular complexity index is 1400. The third kappa shape index (κ3) is 68.0. The van der Waals surface area contributed by atoms with Crippen LogP contribution in [0.25, 0.3) is 0 Å². The van der Waals surface area contributed by atoms with E-state index in [1.54, 1.807) is 0 Å². The fraction of sp³-hybridized carbons (Fsp3) is 0.853. The van der Waals surface area contributed by atoms with Crippen LogP contribution in [0, 0.1) is 0 Å². The molecule has 1 atom stereocenters. The van der Waals surface area contributed by atoms with Crippen molar-refractivity contribution in [2.45, 2.75) is 399 Å². The van der Waals surface area contributed by atoms with E-state index in [2.05, 4.69) is 69.4 Å². The standard InChI is InChI=1S/C75H138O6/c1-4-7-10-13-16-19-21-23-25-27-29-31-33-35-37-39-41-43-45-47-49-51-53-56-59-62-65-68-74(77)80-71-72(70-79-73(76)67-64-61-58-55-18-15-12-9-6-3)81-75(78)69-66-63-60-57-54-52-50-48-46-44-42-40-38-36-34-32-30-28-26-24-22-20-17-14-11-8-5-2/h7,10,16,19,23,25,29,31,72H,4-6,8-9,11-15,17-18,20-22,24,26-28,30,32-71H2,1-3H3/b10-7-,19-16-,25-23-,31-29-. The monoisotopic (exact) mass is 1140 g/mol. The summed E-state index contributed by atoms with van der Waals surface area (Å²) < 4.78 is 17.0. The first-order valence-corrected chi connectivity index (χ1v) is 36.1. The smallest absolute Gasteiger partial charge is 0.306 e. The molecule has 0 rings (SSSR count). The topological polar surface area (TPSA) is 78.9 Å². The van der Waals surface area contributed by atoms with Gasteiger partial charge in [-0.3, -0.25) is 14.4 Å². The Morgan fingerprint density at radius 2 is 0.481 bits per heavy atom. The molecule has 0 bridgehead atoms. The van der Waals surface area contributed by atoms with E-state index in [0.29, 0.717) is 19.3 Å². The number of carbonyl (C=O) groups excluding carboxylic acids is 3. The van der Waals surface area contributed by atoms with Crippen molar-refractivity contribution >= 4 is 17.9 Å². The van der Waals surface area contributed by atoms with Crippen LogP contribution in [-0.2, 0) is 28.6 Å². The van der Waals surface area contributed by atoms with Crippen LogP contribution in [0.3, 0.4) is 0 Å². The van der Waals surface area contributed by atoms with Gasteiger partial charge < -0.3 is 14.2 Å². The lowest BCUT2D eigenvalue weighted by atomic mass is 10.0. The van der Waals surface area contributed by atoms with Gasteiger partial charge in [0.2, 0.25) is 0 Å². The van der Waals surface area contributed by atoms with Crippen LogP contribution in [0.4, 0.5) is 0 Å². The van der Waals surface area contributed by atoms with Gasteiger partial charge in [0.25, 0.3) is 0 Å². The van der Waals surface area contributed by atoms with E-state index in [-0.39, 0.29) is 31.1 Å². The Labute approximate surface area is 505 Å². The molecule has 0 heterocycles. The van der Waals surface area contributed by atoms with Crippen LogP contribution in [0.15, 0.2) is 48.6 Å². The van der Waals surface area contributed by atoms with Crippen LogP contribution in [0.1, 0.15) is 393 Å². The zero-order chi connectivity index (χ0) is 58.5. The Kier molecular flexibility index (Phi) is 67.6. The van der Waals surface area contributed by atoms with Crippen LogP contribution in [0.5, 0.6) is 0 Å². The van der Waals surface area contributed by atoms with E-state index in [4.69, 9.17) is 14.2 Å². The molecule has 0 aromatic carbocycles. The van der Waals surface area contributed by atoms with Gasteiger partial charge in [0, 0.05) is 19.3 Å². The normalized spacial score (nSPS) is 12.3. The molecule has 6 heteroatoms. The number of carbonyl (C=O) groups is 3. The van der Waals surface area contributed by atoms with Crippen molar-refractivity contribution in [3.8, 4) is 0 Å². The quantitative estimate of drug-likeness (QED) is 0.0261. The maximum atomic E-state index is 12.9. The van der Waals surface area contributed by atoms with Crippen molar-refractivity contribution in [3.05, 3.63) is 48.6 Å². The highest BCUT2D eigenvalue weighted by atomic mass is 16.6. The summed E-state index contributed by atoms with van der Waals surface area (Å²) in [5.74, 6) is -0.842. The van der Waals surface area contributed by atoms with Crippen molar-refractivity contribution in [3.63, 3.8) is 0 Å². The van der Waals surface area contributed by atoms with Crippen LogP contribution in [-0.4, -0.2) is 37.2 Å². The van der Waals surface area contributed by atoms with E-state index in [9.17, 15) is 14.4 Å². The molecule has 0 aromatic heterocycles. The predicted octanol–water partition coefficient (Wildman–Crippen LogP) is 24.9. The predicted molar refractivity (Wildman–Crippen MR) is 353 cm³/mol. The molecule has 0 spiro atoms. The minimum absolute atomic E-state index is 0.0669. The highest BCUT2D eigenvalue weighted by Crippen LogP contribution is 2.19. The molecular weight excluding hydrogens is 997 g/mol. The lowest BCUT2D eigenvalue weighted by Crippen LogP contribution is -2.30. The van der Waals surface area contributed by atoms with Crippen molar-refractivity contribution in [1.29, 1.82) is 0 Å². The number of ether oxygens (including phenoxy) is 3. The van der Waals surface area contributed by atoms with Gasteiger partial charge >= 0.3 is 17.9 Å². The third-order valence-corrected chi connectivity index (χ3v) is 16.3. The second-order valence-corrected chi connectivity index (χ2v) is 24.5. The van der Waals surface area contributed by atoms with E-state index in [1.807, 2.05) is 0 Å². The molecule has 0 amide bonds. The fourth-order valence-electron chi connectivity index (χ4n) is 11.0. The van der Waals surface area contributed by atoms with Gasteiger partial charge in [0.1, 0.15) is 13.2 Å². The maximum Gasteiger partial charge on any atom is 0.306 e. The molecule has 0 aromatic rings. The summed E-state index contributed by atoms with van der Waals surface area (Å²) in [6, 6.07) is 0. The highest BCUT2D eigenvalue weighted by Gasteiger charge is 2.19. The first-order valence-electron chi connectivity index (χ1n) is 36.1. The molecule has 0 fully saturated rings. The number of hydrogen-bond donors (Lipinski definition) is 0. The molecule has 6 nitrogen and oxygen atoms in total. The van der Waals surface area contributed by atoms with Crippen LogP contribution >= 0.6 is 0 Å². The SMILES string of the molecule is CC/C=C\C/C=C\C/C=C\C/C=C\CCCCCCCCCCCCCCCCC(=O)OCC(COC(=O)CCCCCCCCCCC)OC(=O)CCCCCCCCCCCCCCCCCCCCCCCCCCCCC. The number of allylic oxidation sites excluding steroid dienone is 8. The lowest BCUT2D eigenvalue weighted by Gasteiger charge is -2.18. The molecule has 1 unspecified atom stereocenters. The minimum atomic E-state index is -0.769. The van der Waals surface area contributed by atoms with Crippen LogP contribution < -0.4 is 0 Å². The number of rotatable bonds is 67. The molecule has 0 aliphatic heterocycles. The van der Waals surface area contributed by atoms with Gasteiger partial charge in [0.05, 0.1) is 0 Å². The molecule has 0 saturated heterocycles. The lowest BCUT2D eigenvalue weighted by molar-refractivity contribution is -0.167. The molecular formula is C75H138O6. The van der Waals surface area contributed by atoms with E-state index >= 15 is 0 Å². The molecule has 0 radical (unpaired) electrons. The van der Waals surface area contributed by atoms with Crippen molar-refractivity contribution < 1.29 is 28.6 Å². The first kappa shape index (κ1) is 78.4. The first-order chi connectivity index (χ1) is 40.0. The summed E-state index contributed by atoms with van der Waals surface area (Å²) in [6.07, 6.45) is 88.8. The van der Waals surface area contributed by atoms with Gasteiger partial charge in [-0.2, -0.15) is 0 Å². The van der Waals surface area contributed by atoms with Gasteiger partial charge in [-0.05, 0) is 57.8 Å².